The topological polar surface area (TPSA) is 38.0 Å². The highest BCUT2D eigenvalue weighted by Crippen LogP contribution is 2.37. The zero-order valence-corrected chi connectivity index (χ0v) is 9.65. The number of hydrogen-bond donors (Lipinski definition) is 2. The average molecular weight is 217 g/mol. The molecule has 14 heavy (non-hydrogen) atoms. The van der Waals surface area contributed by atoms with Crippen molar-refractivity contribution in [1.82, 2.24) is 5.32 Å². The lowest BCUT2D eigenvalue weighted by atomic mass is 9.76. The fourth-order valence-corrected chi connectivity index (χ4v) is 2.74. The second-order valence-corrected chi connectivity index (χ2v) is 4.56. The molecule has 0 spiro atoms. The van der Waals surface area contributed by atoms with Crippen molar-refractivity contribution < 1.29 is 0 Å². The molecule has 3 unspecified atom stereocenters. The lowest BCUT2D eigenvalue weighted by Crippen LogP contribution is -2.33. The number of nitrogens with one attached hydrogen (secondary N) is 1. The van der Waals surface area contributed by atoms with Crippen LogP contribution in [0.2, 0.25) is 0 Å². The number of nitrogens with two attached hydrogens (primary N) is 1. The van der Waals surface area contributed by atoms with Gasteiger partial charge in [-0.05, 0) is 49.9 Å². The van der Waals surface area contributed by atoms with E-state index in [4.69, 9.17) is 5.73 Å². The van der Waals surface area contributed by atoms with Gasteiger partial charge in [0.1, 0.15) is 0 Å². The summed E-state index contributed by atoms with van der Waals surface area (Å²) < 4.78 is 0. The fraction of sp³-hybridized carbons (Fsp3) is 0.818. The van der Waals surface area contributed by atoms with Gasteiger partial charge in [-0.1, -0.05) is 6.92 Å². The van der Waals surface area contributed by atoms with Gasteiger partial charge in [0.2, 0.25) is 0 Å². The molecule has 0 aromatic carbocycles. The molecule has 1 aliphatic heterocycles. The Morgan fingerprint density at radius 3 is 3.00 bits per heavy atom. The third-order valence-corrected chi connectivity index (χ3v) is 3.50. The average Bonchev–Trinajstić information content (AvgIpc) is 2.49. The van der Waals surface area contributed by atoms with Crippen LogP contribution in [0.3, 0.4) is 0 Å². The number of fused-ring (bicyclic) bond motifs is 1. The first-order valence-electron chi connectivity index (χ1n) is 5.46. The van der Waals surface area contributed by atoms with Crippen LogP contribution >= 0.6 is 12.4 Å². The molecule has 3 atom stereocenters. The molecule has 2 nitrogen and oxygen atoms in total. The molecule has 0 radical (unpaired) electrons. The minimum Gasteiger partial charge on any atom is -0.388 e. The van der Waals surface area contributed by atoms with Crippen LogP contribution in [-0.4, -0.2) is 12.6 Å². The van der Waals surface area contributed by atoms with Gasteiger partial charge >= 0.3 is 0 Å². The van der Waals surface area contributed by atoms with Gasteiger partial charge in [0.05, 0.1) is 0 Å². The molecule has 1 heterocycles. The maximum absolute atomic E-state index is 5.60. The van der Waals surface area contributed by atoms with Crippen molar-refractivity contribution in [3.63, 3.8) is 0 Å². The summed E-state index contributed by atoms with van der Waals surface area (Å²) in [6.07, 6.45) is 7.40. The first-order chi connectivity index (χ1) is 6.31. The number of hydrogen-bond acceptors (Lipinski definition) is 2. The molecule has 1 aliphatic carbocycles. The highest BCUT2D eigenvalue weighted by molar-refractivity contribution is 5.85. The second-order valence-electron chi connectivity index (χ2n) is 4.56. The van der Waals surface area contributed by atoms with Crippen LogP contribution in [0.1, 0.15) is 32.6 Å². The van der Waals surface area contributed by atoms with Crippen molar-refractivity contribution in [2.75, 3.05) is 6.54 Å². The van der Waals surface area contributed by atoms with Crippen molar-refractivity contribution in [2.45, 2.75) is 38.6 Å². The van der Waals surface area contributed by atoms with E-state index in [1.165, 1.54) is 19.3 Å². The predicted molar refractivity (Wildman–Crippen MR) is 62.4 cm³/mol. The molecule has 82 valence electrons. The van der Waals surface area contributed by atoms with E-state index < -0.39 is 0 Å². The molecular formula is C11H21ClN2. The Kier molecular flexibility index (Phi) is 4.27. The normalized spacial score (nSPS) is 35.3. The summed E-state index contributed by atoms with van der Waals surface area (Å²) in [4.78, 5) is 0. The molecule has 2 rings (SSSR count). The molecule has 0 bridgehead atoms. The monoisotopic (exact) mass is 216 g/mol. The highest BCUT2D eigenvalue weighted by atomic mass is 35.5. The van der Waals surface area contributed by atoms with E-state index in [2.05, 4.69) is 18.4 Å². The van der Waals surface area contributed by atoms with Crippen molar-refractivity contribution in [2.24, 2.45) is 17.6 Å². The van der Waals surface area contributed by atoms with Gasteiger partial charge in [-0.3, -0.25) is 0 Å². The summed E-state index contributed by atoms with van der Waals surface area (Å²) >= 11 is 0. The quantitative estimate of drug-likeness (QED) is 0.742. The van der Waals surface area contributed by atoms with Crippen molar-refractivity contribution >= 4 is 12.4 Å². The molecule has 3 N–H and O–H groups in total. The van der Waals surface area contributed by atoms with Crippen molar-refractivity contribution in [3.8, 4) is 0 Å². The van der Waals surface area contributed by atoms with Crippen LogP contribution in [0.15, 0.2) is 11.8 Å². The van der Waals surface area contributed by atoms with Crippen LogP contribution in [0.25, 0.3) is 0 Å². The van der Waals surface area contributed by atoms with Crippen LogP contribution in [0, 0.1) is 11.8 Å². The summed E-state index contributed by atoms with van der Waals surface area (Å²) in [7, 11) is 0. The molecule has 2 aliphatic rings. The Hall–Kier alpha value is -0.210. The number of rotatable bonds is 2. The molecule has 3 heteroatoms. The van der Waals surface area contributed by atoms with Crippen LogP contribution < -0.4 is 11.1 Å². The van der Waals surface area contributed by atoms with Crippen molar-refractivity contribution in [3.05, 3.63) is 11.8 Å². The second kappa shape index (κ2) is 5.04. The van der Waals surface area contributed by atoms with Crippen molar-refractivity contribution in [1.29, 1.82) is 0 Å². The molecule has 0 amide bonds. The van der Waals surface area contributed by atoms with Gasteiger partial charge in [0.25, 0.3) is 0 Å². The Morgan fingerprint density at radius 2 is 2.29 bits per heavy atom. The van der Waals surface area contributed by atoms with E-state index in [0.717, 1.165) is 30.8 Å². The SMILES string of the molecule is CC1CCC2NC=C(CCN)C2C1.Cl. The van der Waals surface area contributed by atoms with Crippen LogP contribution in [-0.2, 0) is 0 Å². The van der Waals surface area contributed by atoms with Gasteiger partial charge in [0, 0.05) is 12.0 Å². The van der Waals surface area contributed by atoms with E-state index in [9.17, 15) is 0 Å². The highest BCUT2D eigenvalue weighted by Gasteiger charge is 2.33. The molecule has 0 aromatic rings. The minimum atomic E-state index is 0. The maximum Gasteiger partial charge on any atom is 0.0321 e. The van der Waals surface area contributed by atoms with Gasteiger partial charge in [-0.15, -0.1) is 12.4 Å². The predicted octanol–water partition coefficient (Wildman–Crippen LogP) is 2.05. The first kappa shape index (κ1) is 11.9. The van der Waals surface area contributed by atoms with Crippen LogP contribution in [0.4, 0.5) is 0 Å². The van der Waals surface area contributed by atoms with E-state index in [-0.39, 0.29) is 12.4 Å². The fourth-order valence-electron chi connectivity index (χ4n) is 2.74. The van der Waals surface area contributed by atoms with E-state index >= 15 is 0 Å². The standard InChI is InChI=1S/C11H20N2.ClH/c1-8-2-3-11-10(6-8)9(4-5-12)7-13-11;/h7-8,10-11,13H,2-6,12H2,1H3;1H. The maximum atomic E-state index is 5.60. The Morgan fingerprint density at radius 1 is 1.50 bits per heavy atom. The zero-order chi connectivity index (χ0) is 9.26. The van der Waals surface area contributed by atoms with E-state index in [1.54, 1.807) is 5.57 Å². The van der Waals surface area contributed by atoms with Crippen LogP contribution in [0.5, 0.6) is 0 Å². The first-order valence-corrected chi connectivity index (χ1v) is 5.46. The van der Waals surface area contributed by atoms with E-state index in [0.29, 0.717) is 0 Å². The Balaban J connectivity index is 0.000000980. The summed E-state index contributed by atoms with van der Waals surface area (Å²) in [5.74, 6) is 1.70. The van der Waals surface area contributed by atoms with Gasteiger partial charge in [0.15, 0.2) is 0 Å². The minimum absolute atomic E-state index is 0. The van der Waals surface area contributed by atoms with Gasteiger partial charge < -0.3 is 11.1 Å². The third kappa shape index (κ3) is 2.23. The van der Waals surface area contributed by atoms with Gasteiger partial charge in [-0.2, -0.15) is 0 Å². The zero-order valence-electron chi connectivity index (χ0n) is 8.83. The summed E-state index contributed by atoms with van der Waals surface area (Å²) in [5, 5.41) is 3.50. The third-order valence-electron chi connectivity index (χ3n) is 3.50. The Bertz CT molecular complexity index is 215. The summed E-state index contributed by atoms with van der Waals surface area (Å²) in [6, 6.07) is 0.734. The van der Waals surface area contributed by atoms with E-state index in [1.807, 2.05) is 0 Å². The summed E-state index contributed by atoms with van der Waals surface area (Å²) in [5.41, 5.74) is 7.16. The lowest BCUT2D eigenvalue weighted by Gasteiger charge is -2.31. The molecule has 0 saturated heterocycles. The van der Waals surface area contributed by atoms with Gasteiger partial charge in [-0.25, -0.2) is 0 Å². The molecule has 1 fully saturated rings. The summed E-state index contributed by atoms with van der Waals surface area (Å²) in [6.45, 7) is 3.17. The molecule has 0 aromatic heterocycles. The Labute approximate surface area is 92.7 Å². The smallest absolute Gasteiger partial charge is 0.0321 e. The largest absolute Gasteiger partial charge is 0.388 e. The number of halogens is 1. The lowest BCUT2D eigenvalue weighted by molar-refractivity contribution is 0.270. The molecule has 1 saturated carbocycles. The molecular weight excluding hydrogens is 196 g/mol.